The molecule has 104 valence electrons. The standard InChI is InChI=1S/C15H29N3/c1-12-10-14(5-7-16-12)18-9-6-15-13(11-18)4-3-8-17(15)2/h12-16H,3-11H2,1-2H3. The van der Waals surface area contributed by atoms with E-state index in [4.69, 9.17) is 0 Å². The number of hydrogen-bond acceptors (Lipinski definition) is 3. The van der Waals surface area contributed by atoms with E-state index in [1.807, 2.05) is 0 Å². The van der Waals surface area contributed by atoms with Crippen molar-refractivity contribution in [2.45, 2.75) is 57.2 Å². The Hall–Kier alpha value is -0.120. The minimum atomic E-state index is 0.718. The van der Waals surface area contributed by atoms with Crippen molar-refractivity contribution in [2.75, 3.05) is 33.2 Å². The Morgan fingerprint density at radius 2 is 2.00 bits per heavy atom. The maximum Gasteiger partial charge on any atom is 0.0145 e. The fraction of sp³-hybridized carbons (Fsp3) is 1.00. The van der Waals surface area contributed by atoms with Gasteiger partial charge in [0.15, 0.2) is 0 Å². The molecule has 0 bridgehead atoms. The predicted octanol–water partition coefficient (Wildman–Crippen LogP) is 1.54. The first-order valence-electron chi connectivity index (χ1n) is 7.91. The summed E-state index contributed by atoms with van der Waals surface area (Å²) in [6, 6.07) is 2.46. The van der Waals surface area contributed by atoms with Crippen LogP contribution in [0.3, 0.4) is 0 Å². The van der Waals surface area contributed by atoms with Crippen molar-refractivity contribution in [3.63, 3.8) is 0 Å². The summed E-state index contributed by atoms with van der Waals surface area (Å²) < 4.78 is 0. The quantitative estimate of drug-likeness (QED) is 0.763. The van der Waals surface area contributed by atoms with Gasteiger partial charge in [-0.2, -0.15) is 0 Å². The zero-order chi connectivity index (χ0) is 12.5. The average molecular weight is 251 g/mol. The molecule has 0 saturated carbocycles. The molecule has 0 aromatic carbocycles. The summed E-state index contributed by atoms with van der Waals surface area (Å²) in [6.45, 7) is 7.59. The molecule has 4 unspecified atom stereocenters. The molecule has 3 rings (SSSR count). The highest BCUT2D eigenvalue weighted by molar-refractivity contribution is 4.92. The Bertz CT molecular complexity index is 279. The molecular weight excluding hydrogens is 222 g/mol. The van der Waals surface area contributed by atoms with Crippen LogP contribution in [0, 0.1) is 5.92 Å². The number of rotatable bonds is 1. The van der Waals surface area contributed by atoms with Gasteiger partial charge in [0, 0.05) is 24.7 Å². The molecule has 3 nitrogen and oxygen atoms in total. The number of fused-ring (bicyclic) bond motifs is 1. The van der Waals surface area contributed by atoms with Gasteiger partial charge < -0.3 is 10.2 Å². The van der Waals surface area contributed by atoms with E-state index in [9.17, 15) is 0 Å². The molecule has 4 atom stereocenters. The van der Waals surface area contributed by atoms with Gasteiger partial charge in [0.2, 0.25) is 0 Å². The number of hydrogen-bond donors (Lipinski definition) is 1. The largest absolute Gasteiger partial charge is 0.314 e. The maximum absolute atomic E-state index is 3.58. The summed E-state index contributed by atoms with van der Waals surface area (Å²) in [5.74, 6) is 0.947. The molecule has 3 heteroatoms. The Balaban J connectivity index is 1.59. The number of likely N-dealkylation sites (tertiary alicyclic amines) is 2. The highest BCUT2D eigenvalue weighted by Crippen LogP contribution is 2.31. The van der Waals surface area contributed by atoms with Crippen molar-refractivity contribution in [1.29, 1.82) is 0 Å². The van der Waals surface area contributed by atoms with Crippen molar-refractivity contribution in [2.24, 2.45) is 5.92 Å². The summed E-state index contributed by atoms with van der Waals surface area (Å²) in [6.07, 6.45) is 6.99. The predicted molar refractivity (Wildman–Crippen MR) is 75.8 cm³/mol. The van der Waals surface area contributed by atoms with E-state index in [2.05, 4.69) is 29.1 Å². The molecule has 0 aromatic rings. The van der Waals surface area contributed by atoms with Gasteiger partial charge in [0.25, 0.3) is 0 Å². The van der Waals surface area contributed by atoms with Gasteiger partial charge >= 0.3 is 0 Å². The van der Waals surface area contributed by atoms with Crippen molar-refractivity contribution < 1.29 is 0 Å². The summed E-state index contributed by atoms with van der Waals surface area (Å²) in [4.78, 5) is 5.44. The zero-order valence-corrected chi connectivity index (χ0v) is 12.1. The third-order valence-electron chi connectivity index (χ3n) is 5.49. The topological polar surface area (TPSA) is 18.5 Å². The van der Waals surface area contributed by atoms with Crippen molar-refractivity contribution in [3.8, 4) is 0 Å². The summed E-state index contributed by atoms with van der Waals surface area (Å²) >= 11 is 0. The van der Waals surface area contributed by atoms with Gasteiger partial charge in [0.05, 0.1) is 0 Å². The van der Waals surface area contributed by atoms with Crippen LogP contribution in [0.15, 0.2) is 0 Å². The van der Waals surface area contributed by atoms with Crippen LogP contribution < -0.4 is 5.32 Å². The van der Waals surface area contributed by atoms with E-state index in [-0.39, 0.29) is 0 Å². The van der Waals surface area contributed by atoms with E-state index in [0.29, 0.717) is 0 Å². The molecule has 1 N–H and O–H groups in total. The van der Waals surface area contributed by atoms with E-state index in [1.54, 1.807) is 0 Å². The average Bonchev–Trinajstić information content (AvgIpc) is 2.39. The lowest BCUT2D eigenvalue weighted by Gasteiger charge is -2.49. The normalized spacial score (nSPS) is 43.7. The lowest BCUT2D eigenvalue weighted by Crippen LogP contribution is -2.56. The van der Waals surface area contributed by atoms with Crippen LogP contribution in [0.25, 0.3) is 0 Å². The Kier molecular flexibility index (Phi) is 3.92. The smallest absolute Gasteiger partial charge is 0.0145 e. The van der Waals surface area contributed by atoms with Crippen LogP contribution >= 0.6 is 0 Å². The first-order valence-corrected chi connectivity index (χ1v) is 7.91. The maximum atomic E-state index is 3.58. The second kappa shape index (κ2) is 5.48. The van der Waals surface area contributed by atoms with Crippen molar-refractivity contribution in [3.05, 3.63) is 0 Å². The number of piperidine rings is 3. The molecule has 3 aliphatic heterocycles. The first-order chi connectivity index (χ1) is 8.74. The van der Waals surface area contributed by atoms with Crippen LogP contribution in [0.4, 0.5) is 0 Å². The fourth-order valence-corrected chi connectivity index (χ4v) is 4.45. The van der Waals surface area contributed by atoms with Crippen LogP contribution in [-0.4, -0.2) is 61.2 Å². The minimum absolute atomic E-state index is 0.718. The molecule has 0 aromatic heterocycles. The zero-order valence-electron chi connectivity index (χ0n) is 12.1. The molecule has 0 amide bonds. The molecular formula is C15H29N3. The van der Waals surface area contributed by atoms with E-state index < -0.39 is 0 Å². The molecule has 0 spiro atoms. The Morgan fingerprint density at radius 1 is 1.11 bits per heavy atom. The number of nitrogens with zero attached hydrogens (tertiary/aromatic N) is 2. The van der Waals surface area contributed by atoms with Gasteiger partial charge in [-0.1, -0.05) is 0 Å². The van der Waals surface area contributed by atoms with Gasteiger partial charge in [0.1, 0.15) is 0 Å². The molecule has 3 aliphatic rings. The Labute approximate surface area is 112 Å². The van der Waals surface area contributed by atoms with Crippen molar-refractivity contribution >= 4 is 0 Å². The van der Waals surface area contributed by atoms with Crippen LogP contribution in [0.5, 0.6) is 0 Å². The highest BCUT2D eigenvalue weighted by atomic mass is 15.2. The molecule has 3 fully saturated rings. The first kappa shape index (κ1) is 12.9. The third-order valence-corrected chi connectivity index (χ3v) is 5.49. The molecule has 18 heavy (non-hydrogen) atoms. The molecule has 3 saturated heterocycles. The van der Waals surface area contributed by atoms with Gasteiger partial charge in [-0.15, -0.1) is 0 Å². The second-order valence-electron chi connectivity index (χ2n) is 6.77. The molecule has 0 aliphatic carbocycles. The van der Waals surface area contributed by atoms with Crippen LogP contribution in [0.1, 0.15) is 39.0 Å². The van der Waals surface area contributed by atoms with Gasteiger partial charge in [-0.05, 0) is 71.6 Å². The van der Waals surface area contributed by atoms with E-state index in [0.717, 1.165) is 24.0 Å². The minimum Gasteiger partial charge on any atom is -0.314 e. The monoisotopic (exact) mass is 251 g/mol. The summed E-state index contributed by atoms with van der Waals surface area (Å²) in [5.41, 5.74) is 0. The van der Waals surface area contributed by atoms with E-state index in [1.165, 1.54) is 58.3 Å². The SMILES string of the molecule is CC1CC(N2CCC3C(CCCN3C)C2)CCN1. The van der Waals surface area contributed by atoms with Gasteiger partial charge in [-0.3, -0.25) is 4.90 Å². The van der Waals surface area contributed by atoms with E-state index >= 15 is 0 Å². The van der Waals surface area contributed by atoms with Crippen molar-refractivity contribution in [1.82, 2.24) is 15.1 Å². The summed E-state index contributed by atoms with van der Waals surface area (Å²) in [7, 11) is 2.33. The van der Waals surface area contributed by atoms with Crippen LogP contribution in [0.2, 0.25) is 0 Å². The Morgan fingerprint density at radius 3 is 2.83 bits per heavy atom. The van der Waals surface area contributed by atoms with Crippen LogP contribution in [-0.2, 0) is 0 Å². The van der Waals surface area contributed by atoms with Gasteiger partial charge in [-0.25, -0.2) is 0 Å². The molecule has 0 radical (unpaired) electrons. The lowest BCUT2D eigenvalue weighted by molar-refractivity contribution is 0.0111. The fourth-order valence-electron chi connectivity index (χ4n) is 4.45. The second-order valence-corrected chi connectivity index (χ2v) is 6.77. The number of nitrogens with one attached hydrogen (secondary N) is 1. The highest BCUT2D eigenvalue weighted by Gasteiger charge is 2.36. The molecule has 3 heterocycles. The lowest BCUT2D eigenvalue weighted by atomic mass is 9.83. The third kappa shape index (κ3) is 2.59. The summed E-state index contributed by atoms with van der Waals surface area (Å²) in [5, 5.41) is 3.58.